The number of halogens is 4. The van der Waals surface area contributed by atoms with E-state index in [1.165, 1.54) is 6.20 Å². The van der Waals surface area contributed by atoms with E-state index in [0.717, 1.165) is 6.42 Å². The maximum Gasteiger partial charge on any atom is 0.422 e. The normalized spacial score (nSPS) is 16.9. The van der Waals surface area contributed by atoms with E-state index in [1.807, 2.05) is 18.7 Å². The first-order chi connectivity index (χ1) is 13.3. The highest BCUT2D eigenvalue weighted by Crippen LogP contribution is 2.20. The average molecular weight is 529 g/mol. The zero-order valence-corrected chi connectivity index (χ0v) is 18.8. The molecule has 1 fully saturated rings. The number of likely N-dealkylation sites (tertiary alicyclic amines) is 1. The summed E-state index contributed by atoms with van der Waals surface area (Å²) < 4.78 is 42.0. The predicted molar refractivity (Wildman–Crippen MR) is 114 cm³/mol. The molecule has 0 aromatic carbocycles. The molecule has 1 saturated heterocycles. The summed E-state index contributed by atoms with van der Waals surface area (Å²) in [4.78, 5) is 21.9. The largest absolute Gasteiger partial charge is 0.468 e. The van der Waals surface area contributed by atoms with Crippen molar-refractivity contribution in [3.63, 3.8) is 0 Å². The lowest BCUT2D eigenvalue weighted by Gasteiger charge is -2.19. The Morgan fingerprint density at radius 3 is 2.83 bits per heavy atom. The topological polar surface area (TPSA) is 78.9 Å². The van der Waals surface area contributed by atoms with E-state index in [4.69, 9.17) is 4.74 Å². The highest BCUT2D eigenvalue weighted by atomic mass is 127. The molecule has 7 nitrogen and oxygen atoms in total. The number of rotatable bonds is 7. The Hall–Kier alpha value is -1.79. The molecule has 11 heteroatoms. The lowest BCUT2D eigenvalue weighted by atomic mass is 10.2. The molecule has 0 saturated carbocycles. The molecule has 164 valence electrons. The van der Waals surface area contributed by atoms with Crippen molar-refractivity contribution < 1.29 is 22.7 Å². The van der Waals surface area contributed by atoms with Crippen LogP contribution in [0.4, 0.5) is 13.2 Å². The first kappa shape index (κ1) is 25.2. The highest BCUT2D eigenvalue weighted by Gasteiger charge is 2.29. The van der Waals surface area contributed by atoms with Gasteiger partial charge >= 0.3 is 6.18 Å². The smallest absolute Gasteiger partial charge is 0.422 e. The number of carbonyl (C=O) groups excluding carboxylic acids is 1. The fourth-order valence-corrected chi connectivity index (χ4v) is 2.83. The molecule has 1 unspecified atom stereocenters. The van der Waals surface area contributed by atoms with Crippen molar-refractivity contribution in [3.05, 3.63) is 23.9 Å². The molecule has 1 aromatic rings. The number of aliphatic imine (C=N–C) groups is 1. The van der Waals surface area contributed by atoms with Gasteiger partial charge in [-0.3, -0.25) is 4.79 Å². The summed E-state index contributed by atoms with van der Waals surface area (Å²) in [7, 11) is 0. The Kier molecular flexibility index (Phi) is 10.5. The van der Waals surface area contributed by atoms with Crippen LogP contribution >= 0.6 is 24.0 Å². The Bertz CT molecular complexity index is 688. The molecule has 2 rings (SSSR count). The molecule has 1 atom stereocenters. The summed E-state index contributed by atoms with van der Waals surface area (Å²) in [6.45, 7) is 4.39. The van der Waals surface area contributed by atoms with Gasteiger partial charge in [0.05, 0.1) is 6.54 Å². The Morgan fingerprint density at radius 2 is 2.17 bits per heavy atom. The summed E-state index contributed by atoms with van der Waals surface area (Å²) in [6, 6.07) is 3.32. The fraction of sp³-hybridized carbons (Fsp3) is 0.611. The molecule has 1 aromatic heterocycles. The van der Waals surface area contributed by atoms with Gasteiger partial charge in [0, 0.05) is 43.9 Å². The second-order valence-corrected chi connectivity index (χ2v) is 6.39. The Labute approximate surface area is 185 Å². The van der Waals surface area contributed by atoms with Gasteiger partial charge in [-0.1, -0.05) is 13.0 Å². The standard InChI is InChI=1S/C18H26F3N5O2.HI/c1-3-15(27)26-9-7-14(11-26)25-17(22-4-2)24-10-13-6-5-8-23-16(13)28-12-18(19,20)21;/h5-6,8,14H,3-4,7,9-12H2,1-2H3,(H2,22,24,25);1H. The van der Waals surface area contributed by atoms with E-state index < -0.39 is 12.8 Å². The zero-order valence-electron chi connectivity index (χ0n) is 16.5. The van der Waals surface area contributed by atoms with Crippen molar-refractivity contribution in [1.29, 1.82) is 0 Å². The summed E-state index contributed by atoms with van der Waals surface area (Å²) in [5.74, 6) is 0.567. The quantitative estimate of drug-likeness (QED) is 0.323. The number of alkyl halides is 3. The van der Waals surface area contributed by atoms with Gasteiger partial charge in [0.15, 0.2) is 12.6 Å². The number of pyridine rings is 1. The molecule has 1 aliphatic heterocycles. The minimum absolute atomic E-state index is 0. The summed E-state index contributed by atoms with van der Waals surface area (Å²) >= 11 is 0. The third-order valence-corrected chi connectivity index (χ3v) is 4.16. The number of ether oxygens (including phenoxy) is 1. The number of hydrogen-bond donors (Lipinski definition) is 2. The number of guanidine groups is 1. The maximum atomic E-state index is 12.4. The van der Waals surface area contributed by atoms with Crippen LogP contribution in [0.5, 0.6) is 5.88 Å². The molecule has 2 heterocycles. The number of carbonyl (C=O) groups is 1. The van der Waals surface area contributed by atoms with Crippen molar-refractivity contribution in [2.45, 2.75) is 45.5 Å². The van der Waals surface area contributed by atoms with Gasteiger partial charge in [-0.2, -0.15) is 13.2 Å². The molecular weight excluding hydrogens is 502 g/mol. The second-order valence-electron chi connectivity index (χ2n) is 6.39. The van der Waals surface area contributed by atoms with Gasteiger partial charge < -0.3 is 20.3 Å². The van der Waals surface area contributed by atoms with Crippen LogP contribution in [0, 0.1) is 0 Å². The molecule has 29 heavy (non-hydrogen) atoms. The van der Waals surface area contributed by atoms with Crippen LogP contribution in [-0.2, 0) is 11.3 Å². The van der Waals surface area contributed by atoms with Gasteiger partial charge in [0.2, 0.25) is 11.8 Å². The first-order valence-corrected chi connectivity index (χ1v) is 9.28. The monoisotopic (exact) mass is 529 g/mol. The van der Waals surface area contributed by atoms with Gasteiger partial charge in [0.1, 0.15) is 0 Å². The van der Waals surface area contributed by atoms with E-state index in [9.17, 15) is 18.0 Å². The summed E-state index contributed by atoms with van der Waals surface area (Å²) in [5.41, 5.74) is 0.457. The van der Waals surface area contributed by atoms with E-state index in [0.29, 0.717) is 37.6 Å². The maximum absolute atomic E-state index is 12.4. The lowest BCUT2D eigenvalue weighted by molar-refractivity contribution is -0.154. The number of nitrogens with zero attached hydrogens (tertiary/aromatic N) is 3. The van der Waals surface area contributed by atoms with Crippen LogP contribution in [0.3, 0.4) is 0 Å². The predicted octanol–water partition coefficient (Wildman–Crippen LogP) is 2.71. The van der Waals surface area contributed by atoms with Crippen LogP contribution in [0.15, 0.2) is 23.3 Å². The second kappa shape index (κ2) is 12.0. The summed E-state index contributed by atoms with van der Waals surface area (Å²) in [5, 5.41) is 6.38. The molecule has 1 amide bonds. The highest BCUT2D eigenvalue weighted by molar-refractivity contribution is 14.0. The number of nitrogens with one attached hydrogen (secondary N) is 2. The number of aromatic nitrogens is 1. The van der Waals surface area contributed by atoms with Crippen LogP contribution in [0.1, 0.15) is 32.3 Å². The van der Waals surface area contributed by atoms with Gasteiger partial charge in [-0.25, -0.2) is 9.98 Å². The van der Waals surface area contributed by atoms with E-state index >= 15 is 0 Å². The first-order valence-electron chi connectivity index (χ1n) is 9.28. The zero-order chi connectivity index (χ0) is 20.6. The average Bonchev–Trinajstić information content (AvgIpc) is 3.12. The summed E-state index contributed by atoms with van der Waals surface area (Å²) in [6.07, 6.45) is -1.77. The van der Waals surface area contributed by atoms with Crippen molar-refractivity contribution in [2.24, 2.45) is 4.99 Å². The van der Waals surface area contributed by atoms with Crippen LogP contribution in [-0.4, -0.2) is 60.2 Å². The third-order valence-electron chi connectivity index (χ3n) is 4.16. The fourth-order valence-electron chi connectivity index (χ4n) is 2.83. The molecule has 2 N–H and O–H groups in total. The lowest BCUT2D eigenvalue weighted by Crippen LogP contribution is -2.45. The third kappa shape index (κ3) is 8.62. The van der Waals surface area contributed by atoms with Crippen molar-refractivity contribution in [3.8, 4) is 5.88 Å². The molecule has 0 aliphatic carbocycles. The minimum atomic E-state index is -4.43. The molecule has 0 spiro atoms. The molecule has 1 aliphatic rings. The van der Waals surface area contributed by atoms with Crippen LogP contribution in [0.2, 0.25) is 0 Å². The number of amides is 1. The minimum Gasteiger partial charge on any atom is -0.468 e. The van der Waals surface area contributed by atoms with Crippen molar-refractivity contribution >= 4 is 35.8 Å². The number of hydrogen-bond acceptors (Lipinski definition) is 4. The van der Waals surface area contributed by atoms with Crippen molar-refractivity contribution in [1.82, 2.24) is 20.5 Å². The van der Waals surface area contributed by atoms with Crippen molar-refractivity contribution in [2.75, 3.05) is 26.2 Å². The molecule has 0 bridgehead atoms. The van der Waals surface area contributed by atoms with Gasteiger partial charge in [-0.15, -0.1) is 24.0 Å². The molecule has 0 radical (unpaired) electrons. The van der Waals surface area contributed by atoms with E-state index in [1.54, 1.807) is 12.1 Å². The van der Waals surface area contributed by atoms with Gasteiger partial charge in [0.25, 0.3) is 0 Å². The van der Waals surface area contributed by atoms with Gasteiger partial charge in [-0.05, 0) is 19.4 Å². The van der Waals surface area contributed by atoms with E-state index in [2.05, 4.69) is 20.6 Å². The van der Waals surface area contributed by atoms with Crippen LogP contribution in [0.25, 0.3) is 0 Å². The van der Waals surface area contributed by atoms with Crippen LogP contribution < -0.4 is 15.4 Å². The molecular formula is C18H27F3IN5O2. The van der Waals surface area contributed by atoms with E-state index in [-0.39, 0.29) is 48.4 Å². The SMILES string of the molecule is CCNC(=NCc1cccnc1OCC(F)(F)F)NC1CCN(C(=O)CC)C1.I. The Balaban J connectivity index is 0.00000420. The Morgan fingerprint density at radius 1 is 1.41 bits per heavy atom.